The second-order valence-corrected chi connectivity index (χ2v) is 10.9. The van der Waals surface area contributed by atoms with E-state index >= 15 is 0 Å². The number of hydrogen-bond acceptors (Lipinski definition) is 7. The normalized spacial score (nSPS) is 18.7. The molecular formula is C22H35ClN6O2S. The van der Waals surface area contributed by atoms with Crippen molar-refractivity contribution >= 4 is 39.2 Å². The van der Waals surface area contributed by atoms with Gasteiger partial charge in [0.1, 0.15) is 5.66 Å². The van der Waals surface area contributed by atoms with E-state index in [9.17, 15) is 8.42 Å². The molecule has 1 spiro atoms. The molecule has 0 atom stereocenters. The maximum absolute atomic E-state index is 13.5. The van der Waals surface area contributed by atoms with Gasteiger partial charge in [0.2, 0.25) is 21.9 Å². The number of anilines is 1. The topological polar surface area (TPSA) is 117 Å². The molecule has 1 aromatic carbocycles. The first kappa shape index (κ1) is 24.8. The number of unbranched alkanes of at least 4 members (excludes halogenated alkanes) is 2. The van der Waals surface area contributed by atoms with Crippen molar-refractivity contribution < 1.29 is 8.42 Å². The van der Waals surface area contributed by atoms with Gasteiger partial charge in [-0.25, -0.2) is 13.4 Å². The Bertz CT molecular complexity index is 965. The minimum atomic E-state index is -3.69. The summed E-state index contributed by atoms with van der Waals surface area (Å²) < 4.78 is 28.7. The molecule has 1 fully saturated rings. The molecule has 1 aliphatic carbocycles. The Morgan fingerprint density at radius 1 is 1.09 bits per heavy atom. The first-order valence-corrected chi connectivity index (χ1v) is 13.4. The van der Waals surface area contributed by atoms with Crippen LogP contribution in [0.1, 0.15) is 71.6 Å². The third-order valence-electron chi connectivity index (χ3n) is 6.17. The van der Waals surface area contributed by atoms with Crippen LogP contribution in [0.4, 0.5) is 5.69 Å². The summed E-state index contributed by atoms with van der Waals surface area (Å²) in [6, 6.07) is 4.79. The summed E-state index contributed by atoms with van der Waals surface area (Å²) in [7, 11) is -3.69. The average Bonchev–Trinajstić information content (AvgIpc) is 2.74. The number of halogens is 1. The van der Waals surface area contributed by atoms with E-state index in [1.807, 2.05) is 0 Å². The SMILES string of the molecule is CCCCN(CCCC)S(=O)(=O)c1ccc(Cl)c(N2C(N)=NC(N)=NC23CCCCC3)c1. The molecule has 0 saturated heterocycles. The van der Waals surface area contributed by atoms with Crippen LogP contribution in [0.2, 0.25) is 5.02 Å². The minimum Gasteiger partial charge on any atom is -0.369 e. The lowest BCUT2D eigenvalue weighted by Gasteiger charge is -2.46. The second kappa shape index (κ2) is 10.4. The number of rotatable bonds is 9. The van der Waals surface area contributed by atoms with E-state index in [2.05, 4.69) is 23.8 Å². The predicted octanol–water partition coefficient (Wildman–Crippen LogP) is 4.04. The molecule has 10 heteroatoms. The lowest BCUT2D eigenvalue weighted by atomic mass is 9.87. The Morgan fingerprint density at radius 2 is 1.72 bits per heavy atom. The number of nitrogens with zero attached hydrogens (tertiary/aromatic N) is 4. The lowest BCUT2D eigenvalue weighted by molar-refractivity contribution is 0.305. The van der Waals surface area contributed by atoms with Crippen molar-refractivity contribution in [1.82, 2.24) is 4.31 Å². The number of guanidine groups is 2. The summed E-state index contributed by atoms with van der Waals surface area (Å²) >= 11 is 6.59. The smallest absolute Gasteiger partial charge is 0.243 e. The molecule has 0 unspecified atom stereocenters. The largest absolute Gasteiger partial charge is 0.369 e. The molecule has 1 aromatic rings. The monoisotopic (exact) mass is 482 g/mol. The Hall–Kier alpha value is -1.84. The molecule has 178 valence electrons. The van der Waals surface area contributed by atoms with Crippen molar-refractivity contribution in [1.29, 1.82) is 0 Å². The van der Waals surface area contributed by atoms with Crippen LogP contribution in [0.25, 0.3) is 0 Å². The summed E-state index contributed by atoms with van der Waals surface area (Å²) in [5, 5.41) is 0.399. The molecule has 0 bridgehead atoms. The maximum Gasteiger partial charge on any atom is 0.243 e. The number of benzene rings is 1. The van der Waals surface area contributed by atoms with Crippen molar-refractivity contribution in [3.8, 4) is 0 Å². The van der Waals surface area contributed by atoms with Crippen LogP contribution in [0, 0.1) is 0 Å². The molecule has 4 N–H and O–H groups in total. The van der Waals surface area contributed by atoms with Gasteiger partial charge >= 0.3 is 0 Å². The van der Waals surface area contributed by atoms with Gasteiger partial charge in [0.25, 0.3) is 0 Å². The van der Waals surface area contributed by atoms with Crippen LogP contribution >= 0.6 is 11.6 Å². The molecule has 3 rings (SSSR count). The molecule has 2 aliphatic rings. The number of hydrogen-bond donors (Lipinski definition) is 2. The number of sulfonamides is 1. The fourth-order valence-electron chi connectivity index (χ4n) is 4.46. The van der Waals surface area contributed by atoms with E-state index in [0.717, 1.165) is 57.8 Å². The van der Waals surface area contributed by atoms with Crippen LogP contribution in [-0.2, 0) is 10.0 Å². The van der Waals surface area contributed by atoms with Gasteiger partial charge in [-0.15, -0.1) is 0 Å². The summed E-state index contributed by atoms with van der Waals surface area (Å²) in [6.45, 7) is 5.10. The van der Waals surface area contributed by atoms with Crippen LogP contribution in [0.5, 0.6) is 0 Å². The number of aliphatic imine (C=N–C) groups is 2. The van der Waals surface area contributed by atoms with Gasteiger partial charge in [-0.05, 0) is 56.7 Å². The van der Waals surface area contributed by atoms with Gasteiger partial charge in [-0.2, -0.15) is 9.30 Å². The van der Waals surface area contributed by atoms with Gasteiger partial charge in [-0.1, -0.05) is 44.7 Å². The summed E-state index contributed by atoms with van der Waals surface area (Å²) in [5.74, 6) is 0.329. The van der Waals surface area contributed by atoms with E-state index in [1.165, 1.54) is 0 Å². The van der Waals surface area contributed by atoms with Gasteiger partial charge < -0.3 is 11.5 Å². The van der Waals surface area contributed by atoms with E-state index in [0.29, 0.717) is 23.8 Å². The van der Waals surface area contributed by atoms with E-state index < -0.39 is 15.7 Å². The zero-order chi connectivity index (χ0) is 23.4. The summed E-state index contributed by atoms with van der Waals surface area (Å²) in [6.07, 6.45) is 8.01. The highest BCUT2D eigenvalue weighted by Crippen LogP contribution is 2.42. The molecule has 8 nitrogen and oxygen atoms in total. The Balaban J connectivity index is 2.05. The van der Waals surface area contributed by atoms with Crippen LogP contribution < -0.4 is 16.4 Å². The highest BCUT2D eigenvalue weighted by Gasteiger charge is 2.43. The highest BCUT2D eigenvalue weighted by molar-refractivity contribution is 7.89. The molecular weight excluding hydrogens is 448 g/mol. The third-order valence-corrected chi connectivity index (χ3v) is 8.38. The molecule has 1 saturated carbocycles. The first-order chi connectivity index (χ1) is 15.2. The van der Waals surface area contributed by atoms with Crippen LogP contribution in [0.15, 0.2) is 33.1 Å². The quantitative estimate of drug-likeness (QED) is 0.550. The Kier molecular flexibility index (Phi) is 8.06. The second-order valence-electron chi connectivity index (χ2n) is 8.54. The summed E-state index contributed by atoms with van der Waals surface area (Å²) in [4.78, 5) is 10.8. The van der Waals surface area contributed by atoms with Crippen LogP contribution in [-0.4, -0.2) is 43.4 Å². The van der Waals surface area contributed by atoms with Gasteiger partial charge in [0.05, 0.1) is 15.6 Å². The zero-order valence-electron chi connectivity index (χ0n) is 19.1. The van der Waals surface area contributed by atoms with E-state index in [-0.39, 0.29) is 16.8 Å². The van der Waals surface area contributed by atoms with Crippen molar-refractivity contribution in [2.24, 2.45) is 21.5 Å². The highest BCUT2D eigenvalue weighted by atomic mass is 35.5. The van der Waals surface area contributed by atoms with Gasteiger partial charge in [-0.3, -0.25) is 4.90 Å². The molecule has 1 aliphatic heterocycles. The summed E-state index contributed by atoms with van der Waals surface area (Å²) in [5.41, 5.74) is 12.1. The molecule has 1 heterocycles. The molecule has 0 radical (unpaired) electrons. The van der Waals surface area contributed by atoms with E-state index in [4.69, 9.17) is 23.1 Å². The molecule has 0 aromatic heterocycles. The lowest BCUT2D eigenvalue weighted by Crippen LogP contribution is -2.58. The van der Waals surface area contributed by atoms with Crippen molar-refractivity contribution in [3.63, 3.8) is 0 Å². The first-order valence-electron chi connectivity index (χ1n) is 11.5. The standard InChI is InChI=1S/C22H35ClN6O2S/c1-3-5-14-28(15-6-4-2)32(30,31)17-10-11-18(23)19(16-17)29-21(25)26-20(24)27-22(29)12-8-7-9-13-22/h10-11,16H,3-9,12-15H2,1-2H3,(H4,24,25,26,27). The van der Waals surface area contributed by atoms with Crippen molar-refractivity contribution in [3.05, 3.63) is 23.2 Å². The Morgan fingerprint density at radius 3 is 2.31 bits per heavy atom. The third kappa shape index (κ3) is 5.05. The fourth-order valence-corrected chi connectivity index (χ4v) is 6.20. The van der Waals surface area contributed by atoms with Crippen molar-refractivity contribution in [2.75, 3.05) is 18.0 Å². The fraction of sp³-hybridized carbons (Fsp3) is 0.636. The van der Waals surface area contributed by atoms with Gasteiger partial charge in [0, 0.05) is 13.1 Å². The van der Waals surface area contributed by atoms with Crippen LogP contribution in [0.3, 0.4) is 0 Å². The van der Waals surface area contributed by atoms with Gasteiger partial charge in [0.15, 0.2) is 0 Å². The number of nitrogens with two attached hydrogens (primary N) is 2. The van der Waals surface area contributed by atoms with E-state index in [1.54, 1.807) is 27.4 Å². The predicted molar refractivity (Wildman–Crippen MR) is 132 cm³/mol. The minimum absolute atomic E-state index is 0.144. The average molecular weight is 483 g/mol. The Labute approximate surface area is 196 Å². The molecule has 0 amide bonds. The molecule has 32 heavy (non-hydrogen) atoms. The zero-order valence-corrected chi connectivity index (χ0v) is 20.6. The van der Waals surface area contributed by atoms with Crippen molar-refractivity contribution in [2.45, 2.75) is 82.2 Å². The maximum atomic E-state index is 13.5.